The Bertz CT molecular complexity index is 603. The van der Waals surface area contributed by atoms with E-state index in [0.29, 0.717) is 5.56 Å². The highest BCUT2D eigenvalue weighted by atomic mass is 19.4. The number of carboxylic acid groups (broad SMARTS) is 2. The van der Waals surface area contributed by atoms with Gasteiger partial charge in [-0.2, -0.15) is 13.2 Å². The van der Waals surface area contributed by atoms with Crippen LogP contribution in [-0.2, 0) is 17.5 Å². The molecule has 0 bridgehead atoms. The zero-order chi connectivity index (χ0) is 17.3. The van der Waals surface area contributed by atoms with E-state index in [0.717, 1.165) is 17.0 Å². The molecule has 126 valence electrons. The van der Waals surface area contributed by atoms with Gasteiger partial charge in [0.2, 0.25) is 0 Å². The van der Waals surface area contributed by atoms with E-state index >= 15 is 0 Å². The lowest BCUT2D eigenvalue weighted by molar-refractivity contribution is -0.144. The van der Waals surface area contributed by atoms with E-state index in [4.69, 9.17) is 5.11 Å². The monoisotopic (exact) mass is 332 g/mol. The van der Waals surface area contributed by atoms with Crippen LogP contribution in [-0.4, -0.2) is 45.8 Å². The second-order valence-electron chi connectivity index (χ2n) is 5.39. The second kappa shape index (κ2) is 6.07. The van der Waals surface area contributed by atoms with Crippen molar-refractivity contribution >= 4 is 12.1 Å². The van der Waals surface area contributed by atoms with Gasteiger partial charge in [-0.25, -0.2) is 4.79 Å². The number of halogens is 3. The molecule has 1 heterocycles. The number of nitrogens with zero attached hydrogens (tertiary/aromatic N) is 1. The zero-order valence-corrected chi connectivity index (χ0v) is 11.9. The fourth-order valence-corrected chi connectivity index (χ4v) is 2.45. The number of nitrogens with one attached hydrogen (secondary N) is 1. The molecule has 0 unspecified atom stereocenters. The van der Waals surface area contributed by atoms with E-state index in [9.17, 15) is 27.9 Å². The number of rotatable bonds is 4. The van der Waals surface area contributed by atoms with E-state index in [1.165, 1.54) is 12.1 Å². The molecule has 3 N–H and O–H groups in total. The van der Waals surface area contributed by atoms with Crippen molar-refractivity contribution < 1.29 is 33.0 Å². The van der Waals surface area contributed by atoms with Gasteiger partial charge in [0.1, 0.15) is 5.54 Å². The Morgan fingerprint density at radius 3 is 2.26 bits per heavy atom. The summed E-state index contributed by atoms with van der Waals surface area (Å²) in [4.78, 5) is 23.4. The maximum atomic E-state index is 12.5. The maximum absolute atomic E-state index is 12.5. The van der Waals surface area contributed by atoms with Gasteiger partial charge in [-0.05, 0) is 24.1 Å². The van der Waals surface area contributed by atoms with Crippen LogP contribution in [0.1, 0.15) is 17.5 Å². The molecule has 0 aliphatic carbocycles. The fraction of sp³-hybridized carbons (Fsp3) is 0.429. The van der Waals surface area contributed by atoms with Crippen molar-refractivity contribution in [3.05, 3.63) is 35.4 Å². The largest absolute Gasteiger partial charge is 0.480 e. The zero-order valence-electron chi connectivity index (χ0n) is 11.9. The average molecular weight is 332 g/mol. The molecule has 6 nitrogen and oxygen atoms in total. The van der Waals surface area contributed by atoms with Gasteiger partial charge in [-0.1, -0.05) is 12.1 Å². The molecule has 0 radical (unpaired) electrons. The molecule has 1 aromatic rings. The number of likely N-dealkylation sites (tertiary alicyclic amines) is 1. The summed E-state index contributed by atoms with van der Waals surface area (Å²) in [6, 6.07) is 4.36. The number of benzene rings is 1. The van der Waals surface area contributed by atoms with Crippen LogP contribution in [0.15, 0.2) is 24.3 Å². The van der Waals surface area contributed by atoms with Crippen LogP contribution in [0.25, 0.3) is 0 Å². The van der Waals surface area contributed by atoms with Crippen molar-refractivity contribution in [3.63, 3.8) is 0 Å². The molecule has 0 spiro atoms. The molecule has 0 aromatic heterocycles. The first-order valence-corrected chi connectivity index (χ1v) is 6.76. The quantitative estimate of drug-likeness (QED) is 0.785. The Balaban J connectivity index is 2.06. The first-order chi connectivity index (χ1) is 10.6. The number of alkyl halides is 3. The van der Waals surface area contributed by atoms with Gasteiger partial charge in [-0.3, -0.25) is 10.1 Å². The minimum atomic E-state index is -4.43. The van der Waals surface area contributed by atoms with E-state index in [1.54, 1.807) is 0 Å². The molecule has 2 rings (SSSR count). The standard InChI is InChI=1S/C14H15F3N2O4/c15-14(16,17)10-3-1-9(2-4-10)7-18-13(11(20)21)5-6-19(8-13)12(22)23/h1-4,18H,5-8H2,(H,20,21)(H,22,23)/t13-/m0/s1. The van der Waals surface area contributed by atoms with Crippen LogP contribution in [0, 0.1) is 0 Å². The van der Waals surface area contributed by atoms with Crippen LogP contribution in [0.4, 0.5) is 18.0 Å². The van der Waals surface area contributed by atoms with Crippen LogP contribution < -0.4 is 5.32 Å². The molecule has 1 amide bonds. The lowest BCUT2D eigenvalue weighted by Gasteiger charge is -2.25. The Kier molecular flexibility index (Phi) is 4.51. The summed E-state index contributed by atoms with van der Waals surface area (Å²) in [6.07, 6.45) is -5.54. The highest BCUT2D eigenvalue weighted by Crippen LogP contribution is 2.29. The molecular formula is C14H15F3N2O4. The maximum Gasteiger partial charge on any atom is 0.416 e. The van der Waals surface area contributed by atoms with E-state index in [2.05, 4.69) is 5.32 Å². The van der Waals surface area contributed by atoms with Gasteiger partial charge >= 0.3 is 18.2 Å². The van der Waals surface area contributed by atoms with Crippen molar-refractivity contribution in [2.75, 3.05) is 13.1 Å². The number of hydrogen-bond donors (Lipinski definition) is 3. The lowest BCUT2D eigenvalue weighted by atomic mass is 9.98. The molecule has 1 saturated heterocycles. The third-order valence-electron chi connectivity index (χ3n) is 3.86. The number of hydrogen-bond acceptors (Lipinski definition) is 3. The summed E-state index contributed by atoms with van der Waals surface area (Å²) in [5.74, 6) is -1.19. The smallest absolute Gasteiger partial charge is 0.416 e. The topological polar surface area (TPSA) is 89.9 Å². The number of amides is 1. The average Bonchev–Trinajstić information content (AvgIpc) is 2.91. The van der Waals surface area contributed by atoms with Crippen molar-refractivity contribution in [1.82, 2.24) is 10.2 Å². The van der Waals surface area contributed by atoms with Gasteiger partial charge in [0.15, 0.2) is 0 Å². The Morgan fingerprint density at radius 1 is 1.22 bits per heavy atom. The fourth-order valence-electron chi connectivity index (χ4n) is 2.45. The molecule has 9 heteroatoms. The summed E-state index contributed by atoms with van der Waals surface area (Å²) in [5, 5.41) is 21.0. The molecule has 23 heavy (non-hydrogen) atoms. The minimum Gasteiger partial charge on any atom is -0.480 e. The third-order valence-corrected chi connectivity index (χ3v) is 3.86. The van der Waals surface area contributed by atoms with Crippen molar-refractivity contribution in [2.45, 2.75) is 24.7 Å². The molecule has 1 aliphatic rings. The molecule has 0 saturated carbocycles. The number of carboxylic acids is 1. The number of aliphatic carboxylic acids is 1. The first-order valence-electron chi connectivity index (χ1n) is 6.76. The van der Waals surface area contributed by atoms with Crippen molar-refractivity contribution in [1.29, 1.82) is 0 Å². The van der Waals surface area contributed by atoms with Crippen LogP contribution >= 0.6 is 0 Å². The van der Waals surface area contributed by atoms with Gasteiger partial charge < -0.3 is 15.1 Å². The normalized spacial score (nSPS) is 21.4. The SMILES string of the molecule is O=C(O)N1CC[C@@](NCc2ccc(C(F)(F)F)cc2)(C(=O)O)C1. The predicted molar refractivity (Wildman–Crippen MR) is 72.9 cm³/mol. The van der Waals surface area contributed by atoms with E-state index in [-0.39, 0.29) is 26.1 Å². The Labute approximate surface area is 129 Å². The highest BCUT2D eigenvalue weighted by molar-refractivity contribution is 5.81. The molecule has 1 atom stereocenters. The van der Waals surface area contributed by atoms with Gasteiger partial charge in [0, 0.05) is 13.1 Å². The third kappa shape index (κ3) is 3.73. The van der Waals surface area contributed by atoms with Crippen molar-refractivity contribution in [3.8, 4) is 0 Å². The summed E-state index contributed by atoms with van der Waals surface area (Å²) in [5.41, 5.74) is -1.74. The molecule has 1 aromatic carbocycles. The van der Waals surface area contributed by atoms with Crippen LogP contribution in [0.5, 0.6) is 0 Å². The summed E-state index contributed by atoms with van der Waals surface area (Å²) < 4.78 is 37.4. The van der Waals surface area contributed by atoms with Crippen LogP contribution in [0.3, 0.4) is 0 Å². The van der Waals surface area contributed by atoms with Gasteiger partial charge in [0.05, 0.1) is 12.1 Å². The highest BCUT2D eigenvalue weighted by Gasteiger charge is 2.46. The Hall–Kier alpha value is -2.29. The van der Waals surface area contributed by atoms with Gasteiger partial charge in [0.25, 0.3) is 0 Å². The summed E-state index contributed by atoms with van der Waals surface area (Å²) in [6.45, 7) is -0.0994. The second-order valence-corrected chi connectivity index (χ2v) is 5.39. The van der Waals surface area contributed by atoms with Gasteiger partial charge in [-0.15, -0.1) is 0 Å². The van der Waals surface area contributed by atoms with Crippen molar-refractivity contribution in [2.24, 2.45) is 0 Å². The van der Waals surface area contributed by atoms with Crippen LogP contribution in [0.2, 0.25) is 0 Å². The molecular weight excluding hydrogens is 317 g/mol. The van der Waals surface area contributed by atoms with E-state index in [1.807, 2.05) is 0 Å². The number of carbonyl (C=O) groups is 2. The first kappa shape index (κ1) is 17.1. The molecule has 1 fully saturated rings. The molecule has 1 aliphatic heterocycles. The summed E-state index contributed by atoms with van der Waals surface area (Å²) in [7, 11) is 0. The Morgan fingerprint density at radius 2 is 1.83 bits per heavy atom. The summed E-state index contributed by atoms with van der Waals surface area (Å²) >= 11 is 0. The van der Waals surface area contributed by atoms with E-state index < -0.39 is 29.3 Å². The lowest BCUT2D eigenvalue weighted by Crippen LogP contribution is -2.54. The minimum absolute atomic E-state index is 0.0257. The predicted octanol–water partition coefficient (Wildman–Crippen LogP) is 2.00.